The molecule has 0 fully saturated rings. The van der Waals surface area contributed by atoms with Gasteiger partial charge in [0.05, 0.1) is 0 Å². The molecule has 0 amide bonds. The van der Waals surface area contributed by atoms with Crippen LogP contribution in [0.25, 0.3) is 0 Å². The first-order valence-electron chi connectivity index (χ1n) is 3.68. The highest BCUT2D eigenvalue weighted by Crippen LogP contribution is 1.83. The van der Waals surface area contributed by atoms with Crippen LogP contribution in [0.2, 0.25) is 0 Å². The topological polar surface area (TPSA) is 26.1 Å². The van der Waals surface area contributed by atoms with Gasteiger partial charge >= 0.3 is 0 Å². The molecule has 2 heteroatoms. The molecule has 0 aliphatic rings. The van der Waals surface area contributed by atoms with Crippen molar-refractivity contribution in [3.8, 4) is 0 Å². The maximum Gasteiger partial charge on any atom is 0.0130 e. The van der Waals surface area contributed by atoms with Crippen LogP contribution in [-0.4, -0.2) is 26.7 Å². The summed E-state index contributed by atoms with van der Waals surface area (Å²) in [6.07, 6.45) is 2.48. The molecule has 0 aromatic heterocycles. The van der Waals surface area contributed by atoms with Gasteiger partial charge in [0.2, 0.25) is 0 Å². The van der Waals surface area contributed by atoms with E-state index in [0.29, 0.717) is 0 Å². The van der Waals surface area contributed by atoms with Crippen LogP contribution >= 0.6 is 0 Å². The first kappa shape index (κ1) is 8.92. The van der Waals surface area contributed by atoms with Crippen LogP contribution in [-0.2, 0) is 0 Å². The Kier molecular flexibility index (Phi) is 7.85. The molecule has 0 saturated carbocycles. The molecule has 0 spiro atoms. The van der Waals surface area contributed by atoms with E-state index in [0.717, 1.165) is 19.6 Å². The van der Waals surface area contributed by atoms with Gasteiger partial charge in [-0.2, -0.15) is 0 Å². The van der Waals surface area contributed by atoms with E-state index < -0.39 is 0 Å². The van der Waals surface area contributed by atoms with Crippen molar-refractivity contribution < 1.29 is 0 Å². The molecule has 0 aromatic rings. The van der Waals surface area contributed by atoms with Gasteiger partial charge in [0.25, 0.3) is 0 Å². The molecule has 0 aliphatic carbocycles. The minimum atomic E-state index is 1.02. The van der Waals surface area contributed by atoms with E-state index in [1.54, 1.807) is 0 Å². The fourth-order valence-corrected chi connectivity index (χ4v) is 0.697. The van der Waals surface area contributed by atoms with Crippen LogP contribution < -0.4 is 10.6 Å². The lowest BCUT2D eigenvalue weighted by Gasteiger charge is -1.98. The average molecular weight is 129 g/mol. The van der Waals surface area contributed by atoms with Crippen molar-refractivity contribution >= 4 is 0 Å². The van der Waals surface area contributed by atoms with Gasteiger partial charge in [-0.1, -0.05) is 6.92 Å². The standard InChI is InChI=1S/C7H17N2/c1-3-9-7-5-4-6-8-2/h9H,3-7H2,1-2H3. The Labute approximate surface area is 58.0 Å². The summed E-state index contributed by atoms with van der Waals surface area (Å²) in [4.78, 5) is 0. The molecular formula is C7H17N2. The van der Waals surface area contributed by atoms with Gasteiger partial charge in [-0.3, -0.25) is 0 Å². The SMILES string of the molecule is CCNCCCC[N]C. The Balaban J connectivity index is 2.60. The summed E-state index contributed by atoms with van der Waals surface area (Å²) < 4.78 is 0. The van der Waals surface area contributed by atoms with Gasteiger partial charge in [0.1, 0.15) is 0 Å². The lowest BCUT2D eigenvalue weighted by Crippen LogP contribution is -2.14. The van der Waals surface area contributed by atoms with Crippen LogP contribution in [0.5, 0.6) is 0 Å². The molecule has 0 saturated heterocycles. The molecule has 0 atom stereocenters. The summed E-state index contributed by atoms with van der Waals surface area (Å²) in [5, 5.41) is 7.27. The van der Waals surface area contributed by atoms with E-state index in [9.17, 15) is 0 Å². The van der Waals surface area contributed by atoms with Crippen molar-refractivity contribution in [3.63, 3.8) is 0 Å². The lowest BCUT2D eigenvalue weighted by molar-refractivity contribution is 0.615. The Bertz CT molecular complexity index is 40.2. The number of nitrogens with zero attached hydrogens (tertiary/aromatic N) is 1. The summed E-state index contributed by atoms with van der Waals surface area (Å²) in [7, 11) is 1.87. The summed E-state index contributed by atoms with van der Waals surface area (Å²) >= 11 is 0. The number of unbranched alkanes of at least 4 members (excludes halogenated alkanes) is 1. The number of rotatable bonds is 6. The Morgan fingerprint density at radius 3 is 2.67 bits per heavy atom. The largest absolute Gasteiger partial charge is 0.317 e. The number of nitrogens with one attached hydrogen (secondary N) is 1. The molecule has 0 aromatic carbocycles. The normalized spacial score (nSPS) is 10.0. The second-order valence-corrected chi connectivity index (χ2v) is 2.10. The molecule has 55 valence electrons. The molecule has 2 nitrogen and oxygen atoms in total. The number of hydrogen-bond donors (Lipinski definition) is 1. The van der Waals surface area contributed by atoms with Crippen LogP contribution in [0.1, 0.15) is 19.8 Å². The van der Waals surface area contributed by atoms with Gasteiger partial charge in [0, 0.05) is 13.6 Å². The fraction of sp³-hybridized carbons (Fsp3) is 1.00. The van der Waals surface area contributed by atoms with Gasteiger partial charge in [-0.25, -0.2) is 5.32 Å². The molecule has 1 N–H and O–H groups in total. The quantitative estimate of drug-likeness (QED) is 0.522. The Morgan fingerprint density at radius 1 is 1.33 bits per heavy atom. The molecule has 1 radical (unpaired) electrons. The zero-order valence-corrected chi connectivity index (χ0v) is 6.48. The van der Waals surface area contributed by atoms with Crippen molar-refractivity contribution in [1.82, 2.24) is 10.6 Å². The summed E-state index contributed by atoms with van der Waals surface area (Å²) in [6.45, 7) is 5.38. The van der Waals surface area contributed by atoms with Crippen molar-refractivity contribution in [2.75, 3.05) is 26.7 Å². The maximum atomic E-state index is 4.01. The van der Waals surface area contributed by atoms with Crippen LogP contribution in [0, 0.1) is 0 Å². The van der Waals surface area contributed by atoms with Crippen LogP contribution in [0.4, 0.5) is 0 Å². The first-order chi connectivity index (χ1) is 4.41. The molecule has 0 unspecified atom stereocenters. The monoisotopic (exact) mass is 129 g/mol. The fourth-order valence-electron chi connectivity index (χ4n) is 0.697. The highest BCUT2D eigenvalue weighted by atomic mass is 14.8. The minimum Gasteiger partial charge on any atom is -0.317 e. The van der Waals surface area contributed by atoms with Crippen molar-refractivity contribution in [2.45, 2.75) is 19.8 Å². The second-order valence-electron chi connectivity index (χ2n) is 2.10. The average Bonchev–Trinajstić information content (AvgIpc) is 1.89. The van der Waals surface area contributed by atoms with Crippen molar-refractivity contribution in [1.29, 1.82) is 0 Å². The third kappa shape index (κ3) is 7.92. The van der Waals surface area contributed by atoms with E-state index in [4.69, 9.17) is 0 Å². The maximum absolute atomic E-state index is 4.01. The third-order valence-corrected chi connectivity index (χ3v) is 1.24. The predicted molar refractivity (Wildman–Crippen MR) is 40.7 cm³/mol. The minimum absolute atomic E-state index is 1.02. The van der Waals surface area contributed by atoms with E-state index >= 15 is 0 Å². The zero-order chi connectivity index (χ0) is 6.95. The van der Waals surface area contributed by atoms with Gasteiger partial charge in [-0.05, 0) is 25.9 Å². The molecule has 0 rings (SSSR count). The van der Waals surface area contributed by atoms with Gasteiger partial charge < -0.3 is 5.32 Å². The first-order valence-corrected chi connectivity index (χ1v) is 3.68. The second kappa shape index (κ2) is 7.92. The predicted octanol–water partition coefficient (Wildman–Crippen LogP) is 0.610. The van der Waals surface area contributed by atoms with Gasteiger partial charge in [-0.15, -0.1) is 0 Å². The van der Waals surface area contributed by atoms with Gasteiger partial charge in [0.15, 0.2) is 0 Å². The van der Waals surface area contributed by atoms with Crippen molar-refractivity contribution in [2.24, 2.45) is 0 Å². The third-order valence-electron chi connectivity index (χ3n) is 1.24. The van der Waals surface area contributed by atoms with Crippen molar-refractivity contribution in [3.05, 3.63) is 0 Å². The molecule has 0 heterocycles. The summed E-state index contributed by atoms with van der Waals surface area (Å²) in [5.74, 6) is 0. The molecular weight excluding hydrogens is 112 g/mol. The zero-order valence-electron chi connectivity index (χ0n) is 6.48. The number of hydrogen-bond acceptors (Lipinski definition) is 1. The lowest BCUT2D eigenvalue weighted by atomic mass is 10.3. The van der Waals surface area contributed by atoms with E-state index in [2.05, 4.69) is 17.6 Å². The summed E-state index contributed by atoms with van der Waals surface area (Å²) in [5.41, 5.74) is 0. The molecule has 9 heavy (non-hydrogen) atoms. The Hall–Kier alpha value is -0.0800. The highest BCUT2D eigenvalue weighted by molar-refractivity contribution is 4.46. The highest BCUT2D eigenvalue weighted by Gasteiger charge is 1.84. The van der Waals surface area contributed by atoms with Crippen LogP contribution in [0.15, 0.2) is 0 Å². The Morgan fingerprint density at radius 2 is 2.11 bits per heavy atom. The van der Waals surface area contributed by atoms with E-state index in [1.165, 1.54) is 12.8 Å². The van der Waals surface area contributed by atoms with E-state index in [-0.39, 0.29) is 0 Å². The summed E-state index contributed by atoms with van der Waals surface area (Å²) in [6, 6.07) is 0. The molecule has 0 bridgehead atoms. The smallest absolute Gasteiger partial charge is 0.0130 e. The molecule has 0 aliphatic heterocycles. The van der Waals surface area contributed by atoms with Crippen LogP contribution in [0.3, 0.4) is 0 Å². The van der Waals surface area contributed by atoms with E-state index in [1.807, 2.05) is 7.05 Å².